The molecule has 1 aromatic heterocycles. The lowest BCUT2D eigenvalue weighted by Crippen LogP contribution is -2.23. The molecule has 0 fully saturated rings. The summed E-state index contributed by atoms with van der Waals surface area (Å²) >= 11 is 0. The molecule has 0 aliphatic heterocycles. The molecule has 0 aliphatic rings. The van der Waals surface area contributed by atoms with Crippen molar-refractivity contribution in [2.75, 3.05) is 13.2 Å². The lowest BCUT2D eigenvalue weighted by atomic mass is 10.1. The van der Waals surface area contributed by atoms with E-state index in [1.807, 2.05) is 19.1 Å². The van der Waals surface area contributed by atoms with Gasteiger partial charge in [0.05, 0.1) is 18.2 Å². The minimum absolute atomic E-state index is 0.0103. The van der Waals surface area contributed by atoms with Crippen molar-refractivity contribution < 1.29 is 9.52 Å². The number of aryl methyl sites for hydroxylation is 1. The van der Waals surface area contributed by atoms with E-state index in [9.17, 15) is 9.90 Å². The largest absolute Gasteiger partial charge is 0.419 e. The fourth-order valence-electron chi connectivity index (χ4n) is 1.90. The molecule has 0 spiro atoms. The summed E-state index contributed by atoms with van der Waals surface area (Å²) in [6.07, 6.45) is 0. The van der Waals surface area contributed by atoms with E-state index in [0.717, 1.165) is 17.6 Å². The van der Waals surface area contributed by atoms with Crippen molar-refractivity contribution in [2.24, 2.45) is 7.05 Å². The van der Waals surface area contributed by atoms with Crippen LogP contribution in [0, 0.1) is 0 Å². The molecule has 5 nitrogen and oxygen atoms in total. The molecule has 1 heterocycles. The topological polar surface area (TPSA) is 67.4 Å². The molecule has 0 radical (unpaired) electrons. The van der Waals surface area contributed by atoms with E-state index in [1.165, 1.54) is 4.57 Å². The molecule has 2 N–H and O–H groups in total. The Bertz CT molecular complexity index is 571. The van der Waals surface area contributed by atoms with Crippen LogP contribution in [0.3, 0.4) is 0 Å². The fourth-order valence-corrected chi connectivity index (χ4v) is 1.90. The molecule has 0 bridgehead atoms. The van der Waals surface area contributed by atoms with Crippen molar-refractivity contribution >= 4 is 11.1 Å². The minimum Gasteiger partial charge on any atom is -0.408 e. The molecule has 0 aliphatic carbocycles. The Morgan fingerprint density at radius 3 is 2.94 bits per heavy atom. The Morgan fingerprint density at radius 2 is 2.29 bits per heavy atom. The van der Waals surface area contributed by atoms with Gasteiger partial charge in [-0.2, -0.15) is 0 Å². The molecule has 2 rings (SSSR count). The third kappa shape index (κ3) is 2.11. The number of rotatable bonds is 4. The first-order chi connectivity index (χ1) is 8.17. The highest BCUT2D eigenvalue weighted by Gasteiger charge is 2.12. The van der Waals surface area contributed by atoms with Crippen LogP contribution in [0.4, 0.5) is 0 Å². The second kappa shape index (κ2) is 4.73. The van der Waals surface area contributed by atoms with E-state index in [2.05, 4.69) is 5.32 Å². The van der Waals surface area contributed by atoms with Crippen LogP contribution >= 0.6 is 0 Å². The predicted molar refractivity (Wildman–Crippen MR) is 65.0 cm³/mol. The third-order valence-electron chi connectivity index (χ3n) is 2.85. The van der Waals surface area contributed by atoms with Crippen molar-refractivity contribution in [2.45, 2.75) is 13.0 Å². The Kier molecular flexibility index (Phi) is 3.31. The summed E-state index contributed by atoms with van der Waals surface area (Å²) in [5.41, 5.74) is 2.22. The number of fused-ring (bicyclic) bond motifs is 1. The molecule has 0 saturated carbocycles. The summed E-state index contributed by atoms with van der Waals surface area (Å²) in [6, 6.07) is 5.38. The van der Waals surface area contributed by atoms with Gasteiger partial charge in [0, 0.05) is 7.05 Å². The van der Waals surface area contributed by atoms with E-state index in [4.69, 9.17) is 4.42 Å². The molecule has 1 atom stereocenters. The van der Waals surface area contributed by atoms with E-state index in [-0.39, 0.29) is 18.4 Å². The van der Waals surface area contributed by atoms with Crippen LogP contribution in [0.5, 0.6) is 0 Å². The lowest BCUT2D eigenvalue weighted by molar-refractivity contribution is 0.246. The molecule has 1 unspecified atom stereocenters. The van der Waals surface area contributed by atoms with Crippen LogP contribution in [0.2, 0.25) is 0 Å². The SMILES string of the molecule is CCNC(CO)c1ccc2c(c1)oc(=O)n2C. The first-order valence-electron chi connectivity index (χ1n) is 5.61. The number of oxazole rings is 1. The number of nitrogens with one attached hydrogen (secondary N) is 1. The highest BCUT2D eigenvalue weighted by Crippen LogP contribution is 2.19. The number of likely N-dealkylation sites (N-methyl/N-ethyl adjacent to an activating group) is 1. The summed E-state index contributed by atoms with van der Waals surface area (Å²) in [7, 11) is 1.67. The number of aromatic nitrogens is 1. The lowest BCUT2D eigenvalue weighted by Gasteiger charge is -2.15. The van der Waals surface area contributed by atoms with Gasteiger partial charge in [-0.25, -0.2) is 4.79 Å². The van der Waals surface area contributed by atoms with E-state index >= 15 is 0 Å². The molecule has 5 heteroatoms. The van der Waals surface area contributed by atoms with E-state index < -0.39 is 0 Å². The Labute approximate surface area is 98.7 Å². The second-order valence-electron chi connectivity index (χ2n) is 3.95. The predicted octanol–water partition coefficient (Wildman–Crippen LogP) is 0.774. The molecule has 17 heavy (non-hydrogen) atoms. The summed E-state index contributed by atoms with van der Waals surface area (Å²) in [5.74, 6) is -0.374. The first-order valence-corrected chi connectivity index (χ1v) is 5.61. The average molecular weight is 236 g/mol. The zero-order chi connectivity index (χ0) is 12.4. The molecule has 2 aromatic rings. The Hall–Kier alpha value is -1.59. The summed E-state index contributed by atoms with van der Waals surface area (Å²) < 4.78 is 6.57. The van der Waals surface area contributed by atoms with Gasteiger partial charge in [0.2, 0.25) is 0 Å². The van der Waals surface area contributed by atoms with Crippen LogP contribution < -0.4 is 11.1 Å². The van der Waals surface area contributed by atoms with Gasteiger partial charge in [-0.05, 0) is 24.2 Å². The normalized spacial score (nSPS) is 13.1. The first kappa shape index (κ1) is 11.9. The number of hydrogen-bond acceptors (Lipinski definition) is 4. The number of nitrogens with zero attached hydrogens (tertiary/aromatic N) is 1. The zero-order valence-electron chi connectivity index (χ0n) is 9.93. The van der Waals surface area contributed by atoms with Crippen LogP contribution in [-0.2, 0) is 7.05 Å². The van der Waals surface area contributed by atoms with E-state index in [0.29, 0.717) is 5.58 Å². The van der Waals surface area contributed by atoms with Gasteiger partial charge in [0.25, 0.3) is 0 Å². The Morgan fingerprint density at radius 1 is 1.53 bits per heavy atom. The van der Waals surface area contributed by atoms with Gasteiger partial charge in [-0.1, -0.05) is 13.0 Å². The highest BCUT2D eigenvalue weighted by molar-refractivity contribution is 5.73. The Balaban J connectivity index is 2.47. The maximum absolute atomic E-state index is 11.3. The maximum Gasteiger partial charge on any atom is 0.419 e. The highest BCUT2D eigenvalue weighted by atomic mass is 16.4. The molecule has 92 valence electrons. The van der Waals surface area contributed by atoms with Crippen LogP contribution in [0.15, 0.2) is 27.4 Å². The van der Waals surface area contributed by atoms with Gasteiger partial charge >= 0.3 is 5.76 Å². The third-order valence-corrected chi connectivity index (χ3v) is 2.85. The van der Waals surface area contributed by atoms with Crippen molar-refractivity contribution in [1.82, 2.24) is 9.88 Å². The molecule has 0 saturated heterocycles. The maximum atomic E-state index is 11.3. The standard InChI is InChI=1S/C12H16N2O3/c1-3-13-9(7-15)8-4-5-10-11(6-8)17-12(16)14(10)2/h4-6,9,13,15H,3,7H2,1-2H3. The quantitative estimate of drug-likeness (QED) is 0.823. The summed E-state index contributed by atoms with van der Waals surface area (Å²) in [4.78, 5) is 11.3. The molecular weight excluding hydrogens is 220 g/mol. The number of benzene rings is 1. The van der Waals surface area contributed by atoms with Crippen LogP contribution in [0.25, 0.3) is 11.1 Å². The van der Waals surface area contributed by atoms with Crippen LogP contribution in [0.1, 0.15) is 18.5 Å². The van der Waals surface area contributed by atoms with Gasteiger partial charge < -0.3 is 14.8 Å². The minimum atomic E-state index is -0.374. The van der Waals surface area contributed by atoms with Gasteiger partial charge in [0.1, 0.15) is 0 Å². The molecular formula is C12H16N2O3. The monoisotopic (exact) mass is 236 g/mol. The average Bonchev–Trinajstić information content (AvgIpc) is 2.61. The van der Waals surface area contributed by atoms with Gasteiger partial charge in [-0.15, -0.1) is 0 Å². The van der Waals surface area contributed by atoms with Crippen molar-refractivity contribution in [3.05, 3.63) is 34.3 Å². The van der Waals surface area contributed by atoms with Crippen LogP contribution in [-0.4, -0.2) is 22.8 Å². The van der Waals surface area contributed by atoms with E-state index in [1.54, 1.807) is 13.1 Å². The van der Waals surface area contributed by atoms with Crippen molar-refractivity contribution in [3.8, 4) is 0 Å². The fraction of sp³-hybridized carbons (Fsp3) is 0.417. The zero-order valence-corrected chi connectivity index (χ0v) is 9.93. The number of hydrogen-bond donors (Lipinski definition) is 2. The number of aliphatic hydroxyl groups is 1. The summed E-state index contributed by atoms with van der Waals surface area (Å²) in [6.45, 7) is 2.75. The van der Waals surface area contributed by atoms with Gasteiger partial charge in [-0.3, -0.25) is 4.57 Å². The van der Waals surface area contributed by atoms with Crippen molar-refractivity contribution in [1.29, 1.82) is 0 Å². The summed E-state index contributed by atoms with van der Waals surface area (Å²) in [5, 5.41) is 12.4. The molecule has 0 amide bonds. The van der Waals surface area contributed by atoms with Gasteiger partial charge in [0.15, 0.2) is 5.58 Å². The van der Waals surface area contributed by atoms with Crippen molar-refractivity contribution in [3.63, 3.8) is 0 Å². The molecule has 1 aromatic carbocycles. The number of aliphatic hydroxyl groups excluding tert-OH is 1. The smallest absolute Gasteiger partial charge is 0.408 e. The second-order valence-corrected chi connectivity index (χ2v) is 3.95.